The lowest BCUT2D eigenvalue weighted by Crippen LogP contribution is -2.32. The number of nitrogens with one attached hydrogen (secondary N) is 1. The lowest BCUT2D eigenvalue weighted by atomic mass is 10.0. The summed E-state index contributed by atoms with van der Waals surface area (Å²) in [6, 6.07) is 6.07. The molecule has 2 nitrogen and oxygen atoms in total. The molecule has 0 fully saturated rings. The van der Waals surface area contributed by atoms with E-state index in [0.717, 1.165) is 30.6 Å². The number of hydrogen-bond acceptors (Lipinski definition) is 3. The zero-order chi connectivity index (χ0) is 14.5. The largest absolute Gasteiger partial charge is 0.389 e. The number of para-hydroxylation sites is 1. The average molecular weight is 297 g/mol. The summed E-state index contributed by atoms with van der Waals surface area (Å²) in [6.07, 6.45) is 4.47. The van der Waals surface area contributed by atoms with Gasteiger partial charge in [0, 0.05) is 22.5 Å². The fourth-order valence-corrected chi connectivity index (χ4v) is 3.18. The first-order chi connectivity index (χ1) is 8.99. The maximum absolute atomic E-state index is 5.81. The molecular weight excluding hydrogens is 272 g/mol. The van der Waals surface area contributed by atoms with Crippen LogP contribution in [0.2, 0.25) is 0 Å². The number of thiocarbonyl (C=S) groups is 1. The van der Waals surface area contributed by atoms with Gasteiger partial charge in [0.2, 0.25) is 0 Å². The van der Waals surface area contributed by atoms with Crippen LogP contribution in [-0.2, 0) is 0 Å². The van der Waals surface area contributed by atoms with Crippen LogP contribution in [0.5, 0.6) is 0 Å². The zero-order valence-corrected chi connectivity index (χ0v) is 13.9. The maximum atomic E-state index is 5.81. The van der Waals surface area contributed by atoms with E-state index in [-0.39, 0.29) is 4.75 Å². The van der Waals surface area contributed by atoms with E-state index in [1.165, 1.54) is 5.56 Å². The molecular formula is C15H24N2S2. The molecule has 0 unspecified atom stereocenters. The molecule has 0 bridgehead atoms. The van der Waals surface area contributed by atoms with Crippen LogP contribution in [0.3, 0.4) is 0 Å². The van der Waals surface area contributed by atoms with Crippen molar-refractivity contribution in [2.24, 2.45) is 5.73 Å². The molecule has 0 atom stereocenters. The average Bonchev–Trinajstić information content (AvgIpc) is 2.42. The monoisotopic (exact) mass is 296 g/mol. The van der Waals surface area contributed by atoms with Crippen LogP contribution < -0.4 is 11.1 Å². The van der Waals surface area contributed by atoms with E-state index < -0.39 is 0 Å². The molecule has 0 saturated carbocycles. The SMILES string of the molecule is CCC(CC)(CNc1c(C)cccc1C(N)=S)SC. The van der Waals surface area contributed by atoms with Crippen molar-refractivity contribution < 1.29 is 0 Å². The van der Waals surface area contributed by atoms with Gasteiger partial charge in [-0.2, -0.15) is 11.8 Å². The second kappa shape index (κ2) is 7.15. The molecule has 0 aromatic heterocycles. The minimum absolute atomic E-state index is 0.274. The first-order valence-corrected chi connectivity index (χ1v) is 8.31. The fraction of sp³-hybridized carbons (Fsp3) is 0.533. The van der Waals surface area contributed by atoms with Gasteiger partial charge in [0.25, 0.3) is 0 Å². The number of thioether (sulfide) groups is 1. The van der Waals surface area contributed by atoms with Crippen molar-refractivity contribution in [3.8, 4) is 0 Å². The van der Waals surface area contributed by atoms with Crippen LogP contribution in [0.15, 0.2) is 18.2 Å². The molecule has 4 heteroatoms. The van der Waals surface area contributed by atoms with E-state index in [2.05, 4.69) is 38.4 Å². The number of hydrogen-bond donors (Lipinski definition) is 2. The first-order valence-electron chi connectivity index (χ1n) is 6.68. The zero-order valence-electron chi connectivity index (χ0n) is 12.2. The molecule has 0 spiro atoms. The standard InChI is InChI=1S/C15H24N2S2/c1-5-15(6-2,19-4)10-17-13-11(3)8-7-9-12(13)14(16)18/h7-9,17H,5-6,10H2,1-4H3,(H2,16,18). The fourth-order valence-electron chi connectivity index (χ4n) is 2.22. The summed E-state index contributed by atoms with van der Waals surface area (Å²) in [7, 11) is 0. The summed E-state index contributed by atoms with van der Waals surface area (Å²) in [4.78, 5) is 0.453. The Bertz CT molecular complexity index is 432. The number of benzene rings is 1. The Balaban J connectivity index is 2.97. The van der Waals surface area contributed by atoms with Gasteiger partial charge in [0.15, 0.2) is 0 Å². The van der Waals surface area contributed by atoms with Crippen LogP contribution in [0.4, 0.5) is 5.69 Å². The Kier molecular flexibility index (Phi) is 6.14. The van der Waals surface area contributed by atoms with Crippen molar-refractivity contribution in [3.63, 3.8) is 0 Å². The summed E-state index contributed by atoms with van der Waals surface area (Å²) in [5.41, 5.74) is 9.01. The van der Waals surface area contributed by atoms with E-state index in [1.807, 2.05) is 23.9 Å². The van der Waals surface area contributed by atoms with Gasteiger partial charge in [0.1, 0.15) is 4.99 Å². The van der Waals surface area contributed by atoms with Gasteiger partial charge in [-0.15, -0.1) is 0 Å². The molecule has 1 aromatic rings. The Morgan fingerprint density at radius 3 is 2.47 bits per heavy atom. The molecule has 0 heterocycles. The summed E-state index contributed by atoms with van der Waals surface area (Å²) in [5, 5.41) is 3.57. The highest BCUT2D eigenvalue weighted by Gasteiger charge is 2.25. The second-order valence-electron chi connectivity index (χ2n) is 4.81. The predicted molar refractivity (Wildman–Crippen MR) is 92.4 cm³/mol. The van der Waals surface area contributed by atoms with Gasteiger partial charge in [-0.05, 0) is 37.7 Å². The summed E-state index contributed by atoms with van der Waals surface area (Å²) < 4.78 is 0.274. The Hall–Kier alpha value is -0.740. The highest BCUT2D eigenvalue weighted by Crippen LogP contribution is 2.31. The third-order valence-corrected chi connectivity index (χ3v) is 5.65. The lowest BCUT2D eigenvalue weighted by molar-refractivity contribution is 0.574. The van der Waals surface area contributed by atoms with E-state index in [9.17, 15) is 0 Å². The van der Waals surface area contributed by atoms with Crippen LogP contribution in [0.1, 0.15) is 37.8 Å². The van der Waals surface area contributed by atoms with Gasteiger partial charge in [0.05, 0.1) is 0 Å². The Morgan fingerprint density at radius 1 is 1.37 bits per heavy atom. The second-order valence-corrected chi connectivity index (χ2v) is 6.52. The van der Waals surface area contributed by atoms with Gasteiger partial charge >= 0.3 is 0 Å². The normalized spacial score (nSPS) is 11.4. The molecule has 0 aliphatic heterocycles. The lowest BCUT2D eigenvalue weighted by Gasteiger charge is -2.31. The van der Waals surface area contributed by atoms with Crippen molar-refractivity contribution in [2.75, 3.05) is 18.1 Å². The van der Waals surface area contributed by atoms with E-state index >= 15 is 0 Å². The summed E-state index contributed by atoms with van der Waals surface area (Å²) >= 11 is 7.06. The molecule has 1 rings (SSSR count). The predicted octanol–water partition coefficient (Wildman–Crippen LogP) is 3.96. The topological polar surface area (TPSA) is 38.0 Å². The van der Waals surface area contributed by atoms with Crippen LogP contribution in [0.25, 0.3) is 0 Å². The third kappa shape index (κ3) is 3.86. The maximum Gasteiger partial charge on any atom is 0.106 e. The number of aryl methyl sites for hydroxylation is 1. The smallest absolute Gasteiger partial charge is 0.106 e. The summed E-state index contributed by atoms with van der Waals surface area (Å²) in [5.74, 6) is 0. The number of anilines is 1. The van der Waals surface area contributed by atoms with Crippen molar-refractivity contribution in [2.45, 2.75) is 38.4 Å². The minimum atomic E-state index is 0.274. The van der Waals surface area contributed by atoms with E-state index in [0.29, 0.717) is 4.99 Å². The highest BCUT2D eigenvalue weighted by molar-refractivity contribution is 8.00. The molecule has 0 aliphatic carbocycles. The van der Waals surface area contributed by atoms with Crippen molar-refractivity contribution in [1.82, 2.24) is 0 Å². The first kappa shape index (κ1) is 16.3. The van der Waals surface area contributed by atoms with Gasteiger partial charge in [-0.3, -0.25) is 0 Å². The van der Waals surface area contributed by atoms with Crippen LogP contribution in [-0.4, -0.2) is 22.5 Å². The van der Waals surface area contributed by atoms with Crippen molar-refractivity contribution >= 4 is 34.7 Å². The van der Waals surface area contributed by atoms with Crippen molar-refractivity contribution in [1.29, 1.82) is 0 Å². The molecule has 0 amide bonds. The number of rotatable bonds is 7. The van der Waals surface area contributed by atoms with E-state index in [4.69, 9.17) is 18.0 Å². The Morgan fingerprint density at radius 2 is 2.00 bits per heavy atom. The molecule has 106 valence electrons. The molecule has 19 heavy (non-hydrogen) atoms. The van der Waals surface area contributed by atoms with Crippen LogP contribution in [0, 0.1) is 6.92 Å². The molecule has 3 N–H and O–H groups in total. The van der Waals surface area contributed by atoms with Crippen molar-refractivity contribution in [3.05, 3.63) is 29.3 Å². The molecule has 0 aliphatic rings. The van der Waals surface area contributed by atoms with Gasteiger partial charge in [-0.25, -0.2) is 0 Å². The number of nitrogens with two attached hydrogens (primary N) is 1. The molecule has 0 saturated heterocycles. The Labute approximate surface area is 126 Å². The van der Waals surface area contributed by atoms with E-state index in [1.54, 1.807) is 0 Å². The quantitative estimate of drug-likeness (QED) is 0.747. The van der Waals surface area contributed by atoms with Crippen LogP contribution >= 0.6 is 24.0 Å². The minimum Gasteiger partial charge on any atom is -0.389 e. The van der Waals surface area contributed by atoms with Gasteiger partial charge < -0.3 is 11.1 Å². The van der Waals surface area contributed by atoms with Gasteiger partial charge in [-0.1, -0.05) is 38.2 Å². The summed E-state index contributed by atoms with van der Waals surface area (Å²) in [6.45, 7) is 7.51. The third-order valence-electron chi connectivity index (χ3n) is 3.85. The highest BCUT2D eigenvalue weighted by atomic mass is 32.2. The molecule has 0 radical (unpaired) electrons. The molecule has 1 aromatic carbocycles.